The molecule has 4 aliphatic rings. The van der Waals surface area contributed by atoms with Gasteiger partial charge in [0.2, 0.25) is 0 Å². The van der Waals surface area contributed by atoms with Gasteiger partial charge in [-0.3, -0.25) is 9.89 Å². The Bertz CT molecular complexity index is 793. The van der Waals surface area contributed by atoms with Gasteiger partial charge >= 0.3 is 0 Å². The van der Waals surface area contributed by atoms with Gasteiger partial charge in [-0.2, -0.15) is 10.2 Å². The SMILES string of the molecule is O=C(NN=C1C2CC3CC(C2)CC1C3)c1cc(-c2ccccc2)n[nH]1. The molecule has 5 nitrogen and oxygen atoms in total. The monoisotopic (exact) mass is 334 g/mol. The first kappa shape index (κ1) is 14.9. The fourth-order valence-electron chi connectivity index (χ4n) is 5.22. The van der Waals surface area contributed by atoms with E-state index >= 15 is 0 Å². The van der Waals surface area contributed by atoms with Gasteiger partial charge in [0.25, 0.3) is 5.91 Å². The van der Waals surface area contributed by atoms with Gasteiger partial charge in [-0.05, 0) is 61.8 Å². The summed E-state index contributed by atoms with van der Waals surface area (Å²) in [4.78, 5) is 12.4. The first-order valence-electron chi connectivity index (χ1n) is 9.25. The van der Waals surface area contributed by atoms with Crippen LogP contribution in [-0.4, -0.2) is 21.8 Å². The molecule has 1 aromatic heterocycles. The number of rotatable bonds is 3. The van der Waals surface area contributed by atoms with E-state index < -0.39 is 0 Å². The second-order valence-corrected chi connectivity index (χ2v) is 7.81. The third-order valence-electron chi connectivity index (χ3n) is 6.15. The van der Waals surface area contributed by atoms with Crippen molar-refractivity contribution in [3.05, 3.63) is 42.1 Å². The molecule has 0 unspecified atom stereocenters. The number of carbonyl (C=O) groups excluding carboxylic acids is 1. The normalized spacial score (nSPS) is 29.7. The molecule has 1 heterocycles. The molecular formula is C20H22N4O. The first-order valence-corrected chi connectivity index (χ1v) is 9.25. The predicted molar refractivity (Wildman–Crippen MR) is 96.0 cm³/mol. The molecule has 6 rings (SSSR count). The van der Waals surface area contributed by atoms with Crippen LogP contribution in [0.4, 0.5) is 0 Å². The summed E-state index contributed by atoms with van der Waals surface area (Å²) in [6.45, 7) is 0. The van der Waals surface area contributed by atoms with Gasteiger partial charge in [-0.25, -0.2) is 5.43 Å². The van der Waals surface area contributed by atoms with E-state index in [1.807, 2.05) is 30.3 Å². The summed E-state index contributed by atoms with van der Waals surface area (Å²) < 4.78 is 0. The summed E-state index contributed by atoms with van der Waals surface area (Å²) in [5.41, 5.74) is 6.22. The average molecular weight is 334 g/mol. The van der Waals surface area contributed by atoms with E-state index in [0.717, 1.165) is 23.1 Å². The van der Waals surface area contributed by atoms with Gasteiger partial charge in [0.15, 0.2) is 0 Å². The molecule has 0 spiro atoms. The Hall–Kier alpha value is -2.43. The van der Waals surface area contributed by atoms with Gasteiger partial charge in [0.05, 0.1) is 5.69 Å². The third kappa shape index (κ3) is 2.68. The Morgan fingerprint density at radius 2 is 1.72 bits per heavy atom. The van der Waals surface area contributed by atoms with Crippen molar-refractivity contribution in [3.63, 3.8) is 0 Å². The molecule has 2 aromatic rings. The minimum atomic E-state index is -0.212. The zero-order chi connectivity index (χ0) is 16.8. The lowest BCUT2D eigenvalue weighted by molar-refractivity contribution is 0.0938. The van der Waals surface area contributed by atoms with Gasteiger partial charge in [-0.1, -0.05) is 30.3 Å². The van der Waals surface area contributed by atoms with Crippen LogP contribution in [0.3, 0.4) is 0 Å². The highest BCUT2D eigenvalue weighted by atomic mass is 16.2. The van der Waals surface area contributed by atoms with Crippen LogP contribution >= 0.6 is 0 Å². The van der Waals surface area contributed by atoms with E-state index in [-0.39, 0.29) is 5.91 Å². The van der Waals surface area contributed by atoms with E-state index in [4.69, 9.17) is 0 Å². The molecular weight excluding hydrogens is 312 g/mol. The fraction of sp³-hybridized carbons (Fsp3) is 0.450. The van der Waals surface area contributed by atoms with Crippen molar-refractivity contribution in [1.82, 2.24) is 15.6 Å². The van der Waals surface area contributed by atoms with Crippen molar-refractivity contribution in [2.75, 3.05) is 0 Å². The van der Waals surface area contributed by atoms with Crippen molar-refractivity contribution in [3.8, 4) is 11.3 Å². The maximum Gasteiger partial charge on any atom is 0.289 e. The summed E-state index contributed by atoms with van der Waals surface area (Å²) >= 11 is 0. The minimum absolute atomic E-state index is 0.212. The summed E-state index contributed by atoms with van der Waals surface area (Å²) in [5, 5.41) is 11.6. The summed E-state index contributed by atoms with van der Waals surface area (Å²) in [6.07, 6.45) is 6.49. The highest BCUT2D eigenvalue weighted by molar-refractivity contribution is 5.96. The van der Waals surface area contributed by atoms with E-state index in [2.05, 4.69) is 20.7 Å². The largest absolute Gasteiger partial charge is 0.289 e. The molecule has 128 valence electrons. The van der Waals surface area contributed by atoms with Crippen LogP contribution in [0.15, 0.2) is 41.5 Å². The van der Waals surface area contributed by atoms with Crippen molar-refractivity contribution < 1.29 is 4.79 Å². The molecule has 0 saturated heterocycles. The molecule has 0 aliphatic heterocycles. The van der Waals surface area contributed by atoms with E-state index in [0.29, 0.717) is 17.5 Å². The summed E-state index contributed by atoms with van der Waals surface area (Å²) in [6, 6.07) is 11.6. The lowest BCUT2D eigenvalue weighted by Crippen LogP contribution is -2.46. The Balaban J connectivity index is 1.30. The quantitative estimate of drug-likeness (QED) is 0.842. The number of hydrogen-bond donors (Lipinski definition) is 2. The molecule has 1 aromatic carbocycles. The number of carbonyl (C=O) groups is 1. The zero-order valence-corrected chi connectivity index (χ0v) is 14.1. The van der Waals surface area contributed by atoms with Crippen LogP contribution in [0.5, 0.6) is 0 Å². The number of nitrogens with zero attached hydrogens (tertiary/aromatic N) is 2. The maximum absolute atomic E-state index is 12.4. The van der Waals surface area contributed by atoms with Crippen molar-refractivity contribution in [2.45, 2.75) is 32.1 Å². The fourth-order valence-corrected chi connectivity index (χ4v) is 5.22. The Labute approximate surface area is 146 Å². The molecule has 0 radical (unpaired) electrons. The minimum Gasteiger partial charge on any atom is -0.272 e. The Morgan fingerprint density at radius 3 is 2.40 bits per heavy atom. The molecule has 4 aliphatic carbocycles. The smallest absolute Gasteiger partial charge is 0.272 e. The van der Waals surface area contributed by atoms with Crippen LogP contribution < -0.4 is 5.43 Å². The lowest BCUT2D eigenvalue weighted by Gasteiger charge is -2.50. The topological polar surface area (TPSA) is 70.1 Å². The molecule has 4 bridgehead atoms. The zero-order valence-electron chi connectivity index (χ0n) is 14.1. The van der Waals surface area contributed by atoms with Crippen molar-refractivity contribution >= 4 is 11.6 Å². The number of hydrogen-bond acceptors (Lipinski definition) is 3. The first-order chi connectivity index (χ1) is 12.3. The number of aromatic nitrogens is 2. The molecule has 0 atom stereocenters. The van der Waals surface area contributed by atoms with Crippen LogP contribution in [0.2, 0.25) is 0 Å². The molecule has 1 amide bonds. The molecule has 4 fully saturated rings. The highest BCUT2D eigenvalue weighted by Gasteiger charge is 2.46. The van der Waals surface area contributed by atoms with Gasteiger partial charge in [-0.15, -0.1) is 0 Å². The Morgan fingerprint density at radius 1 is 1.04 bits per heavy atom. The molecule has 2 N–H and O–H groups in total. The van der Waals surface area contributed by atoms with E-state index in [9.17, 15) is 4.79 Å². The number of amides is 1. The van der Waals surface area contributed by atoms with E-state index in [1.54, 1.807) is 6.07 Å². The standard InChI is InChI=1S/C20H22N4O/c25-20(18-11-17(21-22-18)14-4-2-1-3-5-14)24-23-19-15-7-12-6-13(9-15)10-16(19)8-12/h1-5,11-13,15-16H,6-10H2,(H,21,22)(H,24,25). The second kappa shape index (κ2) is 5.83. The lowest BCUT2D eigenvalue weighted by atomic mass is 9.55. The number of benzene rings is 1. The second-order valence-electron chi connectivity index (χ2n) is 7.81. The van der Waals surface area contributed by atoms with Gasteiger partial charge < -0.3 is 0 Å². The highest BCUT2D eigenvalue weighted by Crippen LogP contribution is 2.52. The van der Waals surface area contributed by atoms with E-state index in [1.165, 1.54) is 37.8 Å². The van der Waals surface area contributed by atoms with Crippen LogP contribution in [0.1, 0.15) is 42.6 Å². The molecule has 25 heavy (non-hydrogen) atoms. The maximum atomic E-state index is 12.4. The number of H-pyrrole nitrogens is 1. The Kier molecular flexibility index (Phi) is 3.47. The number of hydrazone groups is 1. The van der Waals surface area contributed by atoms with Crippen LogP contribution in [-0.2, 0) is 0 Å². The van der Waals surface area contributed by atoms with Crippen LogP contribution in [0.25, 0.3) is 11.3 Å². The molecule has 5 heteroatoms. The third-order valence-corrected chi connectivity index (χ3v) is 6.15. The van der Waals surface area contributed by atoms with Crippen molar-refractivity contribution in [1.29, 1.82) is 0 Å². The van der Waals surface area contributed by atoms with Gasteiger partial charge in [0, 0.05) is 11.3 Å². The predicted octanol–water partition coefficient (Wildman–Crippen LogP) is 3.62. The number of aromatic amines is 1. The molecule has 4 saturated carbocycles. The van der Waals surface area contributed by atoms with Crippen molar-refractivity contribution in [2.24, 2.45) is 28.8 Å². The summed E-state index contributed by atoms with van der Waals surface area (Å²) in [7, 11) is 0. The number of nitrogens with one attached hydrogen (secondary N) is 2. The van der Waals surface area contributed by atoms with Gasteiger partial charge in [0.1, 0.15) is 5.69 Å². The van der Waals surface area contributed by atoms with Crippen LogP contribution in [0, 0.1) is 23.7 Å². The average Bonchev–Trinajstić information content (AvgIpc) is 3.11. The summed E-state index contributed by atoms with van der Waals surface area (Å²) in [5.74, 6) is 2.78.